The maximum Gasteiger partial charge on any atom is 0.0172 e. The molecule has 0 aromatic carbocycles. The normalized spacial score (nSPS) is 38.8. The molecule has 1 saturated carbocycles. The molecule has 0 aromatic heterocycles. The van der Waals surface area contributed by atoms with Crippen molar-refractivity contribution in [2.45, 2.75) is 56.7 Å². The van der Waals surface area contributed by atoms with Gasteiger partial charge in [0, 0.05) is 17.8 Å². The summed E-state index contributed by atoms with van der Waals surface area (Å²) in [6, 6.07) is 0.840. The van der Waals surface area contributed by atoms with Gasteiger partial charge in [-0.25, -0.2) is 0 Å². The molecular weight excluding hydrogens is 190 g/mol. The summed E-state index contributed by atoms with van der Waals surface area (Å²) in [5.74, 6) is 2.38. The van der Waals surface area contributed by atoms with Gasteiger partial charge >= 0.3 is 0 Å². The van der Waals surface area contributed by atoms with Crippen molar-refractivity contribution in [3.05, 3.63) is 0 Å². The monoisotopic (exact) mass is 213 g/mol. The second kappa shape index (κ2) is 5.41. The zero-order valence-electron chi connectivity index (χ0n) is 9.30. The third kappa shape index (κ3) is 3.16. The number of thioether (sulfide) groups is 1. The van der Waals surface area contributed by atoms with Crippen LogP contribution in [-0.4, -0.2) is 23.6 Å². The Labute approximate surface area is 92.4 Å². The first-order valence-corrected chi connectivity index (χ1v) is 7.24. The molecule has 1 heterocycles. The van der Waals surface area contributed by atoms with Crippen LogP contribution < -0.4 is 5.32 Å². The molecule has 1 atom stereocenters. The Bertz CT molecular complexity index is 158. The van der Waals surface area contributed by atoms with E-state index in [9.17, 15) is 0 Å². The van der Waals surface area contributed by atoms with Crippen LogP contribution in [-0.2, 0) is 0 Å². The molecule has 1 nitrogen and oxygen atoms in total. The second-order valence-corrected chi connectivity index (χ2v) is 6.41. The van der Waals surface area contributed by atoms with Crippen molar-refractivity contribution in [2.24, 2.45) is 5.92 Å². The van der Waals surface area contributed by atoms with Crippen LogP contribution in [0, 0.1) is 5.92 Å². The first-order valence-electron chi connectivity index (χ1n) is 6.19. The van der Waals surface area contributed by atoms with Crippen LogP contribution in [0.5, 0.6) is 0 Å². The molecule has 1 aliphatic heterocycles. The Morgan fingerprint density at radius 3 is 2.57 bits per heavy atom. The average Bonchev–Trinajstić information content (AvgIpc) is 2.70. The number of hydrogen-bond donors (Lipinski definition) is 1. The van der Waals surface area contributed by atoms with Gasteiger partial charge in [0.1, 0.15) is 0 Å². The standard InChI is InChI=1S/C12H23NS/c1-10-4-6-11(7-5-10)13-9-12-3-2-8-14-12/h10-13H,2-9H2,1H3. The smallest absolute Gasteiger partial charge is 0.0172 e. The summed E-state index contributed by atoms with van der Waals surface area (Å²) in [5.41, 5.74) is 0. The van der Waals surface area contributed by atoms with E-state index in [4.69, 9.17) is 0 Å². The summed E-state index contributed by atoms with van der Waals surface area (Å²) in [7, 11) is 0. The van der Waals surface area contributed by atoms with Crippen LogP contribution in [0.3, 0.4) is 0 Å². The van der Waals surface area contributed by atoms with Gasteiger partial charge in [-0.15, -0.1) is 0 Å². The van der Waals surface area contributed by atoms with Crippen molar-refractivity contribution in [1.29, 1.82) is 0 Å². The molecule has 1 N–H and O–H groups in total. The van der Waals surface area contributed by atoms with Gasteiger partial charge in [0.25, 0.3) is 0 Å². The Morgan fingerprint density at radius 2 is 1.93 bits per heavy atom. The molecule has 0 amide bonds. The number of hydrogen-bond acceptors (Lipinski definition) is 2. The largest absolute Gasteiger partial charge is 0.313 e. The summed E-state index contributed by atoms with van der Waals surface area (Å²) in [6.45, 7) is 3.66. The Hall–Kier alpha value is 0.310. The molecule has 1 unspecified atom stereocenters. The molecule has 0 spiro atoms. The van der Waals surface area contributed by atoms with Gasteiger partial charge in [0.2, 0.25) is 0 Å². The van der Waals surface area contributed by atoms with Gasteiger partial charge in [-0.3, -0.25) is 0 Å². The van der Waals surface area contributed by atoms with Crippen LogP contribution in [0.2, 0.25) is 0 Å². The lowest BCUT2D eigenvalue weighted by Gasteiger charge is -2.27. The molecular formula is C12H23NS. The van der Waals surface area contributed by atoms with Crippen molar-refractivity contribution in [2.75, 3.05) is 12.3 Å². The van der Waals surface area contributed by atoms with Crippen LogP contribution in [0.1, 0.15) is 45.4 Å². The highest BCUT2D eigenvalue weighted by molar-refractivity contribution is 8.00. The SMILES string of the molecule is CC1CCC(NCC2CCCS2)CC1. The van der Waals surface area contributed by atoms with Gasteiger partial charge in [-0.1, -0.05) is 6.92 Å². The average molecular weight is 213 g/mol. The first kappa shape index (κ1) is 10.8. The van der Waals surface area contributed by atoms with Crippen molar-refractivity contribution in [3.63, 3.8) is 0 Å². The summed E-state index contributed by atoms with van der Waals surface area (Å²) in [6.07, 6.45) is 8.60. The quantitative estimate of drug-likeness (QED) is 0.773. The summed E-state index contributed by atoms with van der Waals surface area (Å²) < 4.78 is 0. The highest BCUT2D eigenvalue weighted by Crippen LogP contribution is 2.27. The van der Waals surface area contributed by atoms with Gasteiger partial charge in [-0.05, 0) is 50.2 Å². The van der Waals surface area contributed by atoms with Crippen molar-refractivity contribution < 1.29 is 0 Å². The fourth-order valence-electron chi connectivity index (χ4n) is 2.57. The van der Waals surface area contributed by atoms with E-state index in [-0.39, 0.29) is 0 Å². The Balaban J connectivity index is 1.60. The number of nitrogens with one attached hydrogen (secondary N) is 1. The summed E-state index contributed by atoms with van der Waals surface area (Å²) in [5, 5.41) is 4.69. The minimum Gasteiger partial charge on any atom is -0.313 e. The third-order valence-corrected chi connectivity index (χ3v) is 5.07. The molecule has 0 aromatic rings. The molecule has 2 rings (SSSR count). The van der Waals surface area contributed by atoms with E-state index < -0.39 is 0 Å². The maximum atomic E-state index is 3.76. The molecule has 0 bridgehead atoms. The van der Waals surface area contributed by atoms with Gasteiger partial charge in [0.15, 0.2) is 0 Å². The van der Waals surface area contributed by atoms with Crippen LogP contribution in [0.15, 0.2) is 0 Å². The van der Waals surface area contributed by atoms with E-state index in [1.807, 2.05) is 0 Å². The summed E-state index contributed by atoms with van der Waals surface area (Å²) in [4.78, 5) is 0. The highest BCUT2D eigenvalue weighted by atomic mass is 32.2. The van der Waals surface area contributed by atoms with E-state index in [1.165, 1.54) is 50.8 Å². The van der Waals surface area contributed by atoms with Crippen molar-refractivity contribution in [3.8, 4) is 0 Å². The lowest BCUT2D eigenvalue weighted by atomic mass is 9.87. The van der Waals surface area contributed by atoms with Crippen molar-refractivity contribution >= 4 is 11.8 Å². The van der Waals surface area contributed by atoms with Gasteiger partial charge in [-0.2, -0.15) is 11.8 Å². The Morgan fingerprint density at radius 1 is 1.14 bits per heavy atom. The van der Waals surface area contributed by atoms with E-state index in [0.29, 0.717) is 0 Å². The fraction of sp³-hybridized carbons (Fsp3) is 1.00. The predicted molar refractivity (Wildman–Crippen MR) is 64.9 cm³/mol. The number of rotatable bonds is 3. The van der Waals surface area contributed by atoms with Crippen LogP contribution in [0.4, 0.5) is 0 Å². The molecule has 82 valence electrons. The Kier molecular flexibility index (Phi) is 4.18. The molecule has 0 radical (unpaired) electrons. The lowest BCUT2D eigenvalue weighted by molar-refractivity contribution is 0.308. The second-order valence-electron chi connectivity index (χ2n) is 5.00. The highest BCUT2D eigenvalue weighted by Gasteiger charge is 2.20. The van der Waals surface area contributed by atoms with Crippen LogP contribution in [0.25, 0.3) is 0 Å². The zero-order valence-corrected chi connectivity index (χ0v) is 10.1. The molecule has 1 saturated heterocycles. The third-order valence-electron chi connectivity index (χ3n) is 3.67. The topological polar surface area (TPSA) is 12.0 Å². The van der Waals surface area contributed by atoms with E-state index in [0.717, 1.165) is 17.2 Å². The minimum absolute atomic E-state index is 0.840. The van der Waals surface area contributed by atoms with Gasteiger partial charge in [0.05, 0.1) is 0 Å². The predicted octanol–water partition coefficient (Wildman–Crippen LogP) is 3.05. The molecule has 1 aliphatic carbocycles. The van der Waals surface area contributed by atoms with E-state index in [1.54, 1.807) is 0 Å². The van der Waals surface area contributed by atoms with Crippen LogP contribution >= 0.6 is 11.8 Å². The molecule has 2 aliphatic rings. The molecule has 14 heavy (non-hydrogen) atoms. The maximum absolute atomic E-state index is 3.76. The zero-order chi connectivity index (χ0) is 9.80. The van der Waals surface area contributed by atoms with Gasteiger partial charge < -0.3 is 5.32 Å². The summed E-state index contributed by atoms with van der Waals surface area (Å²) >= 11 is 2.17. The molecule has 2 heteroatoms. The van der Waals surface area contributed by atoms with E-state index >= 15 is 0 Å². The molecule has 2 fully saturated rings. The first-order chi connectivity index (χ1) is 6.84. The minimum atomic E-state index is 0.840. The van der Waals surface area contributed by atoms with Crippen molar-refractivity contribution in [1.82, 2.24) is 5.32 Å². The fourth-order valence-corrected chi connectivity index (χ4v) is 3.78. The van der Waals surface area contributed by atoms with E-state index in [2.05, 4.69) is 24.0 Å². The lowest BCUT2D eigenvalue weighted by Crippen LogP contribution is -2.36.